The van der Waals surface area contributed by atoms with Crippen molar-refractivity contribution in [2.75, 3.05) is 36.6 Å². The zero-order valence-electron chi connectivity index (χ0n) is 17.7. The summed E-state index contributed by atoms with van der Waals surface area (Å²) in [5.41, 5.74) is 2.32. The monoisotopic (exact) mass is 432 g/mol. The van der Waals surface area contributed by atoms with Gasteiger partial charge in [-0.25, -0.2) is 0 Å². The summed E-state index contributed by atoms with van der Waals surface area (Å²) >= 11 is 0. The highest BCUT2D eigenvalue weighted by Crippen LogP contribution is 2.34. The number of nitrogens with zero attached hydrogens (tertiary/aromatic N) is 1. The fourth-order valence-electron chi connectivity index (χ4n) is 3.35. The Balaban J connectivity index is 1.35. The minimum Gasteiger partial charge on any atom is -0.492 e. The topological polar surface area (TPSA) is 77.1 Å². The van der Waals surface area contributed by atoms with Gasteiger partial charge in [0.05, 0.1) is 12.2 Å². The van der Waals surface area contributed by atoms with Crippen molar-refractivity contribution in [3.63, 3.8) is 0 Å². The van der Waals surface area contributed by atoms with Crippen molar-refractivity contribution >= 4 is 23.2 Å². The van der Waals surface area contributed by atoms with E-state index in [1.807, 2.05) is 49.4 Å². The number of aryl methyl sites for hydroxylation is 1. The molecule has 7 heteroatoms. The van der Waals surface area contributed by atoms with Gasteiger partial charge in [0, 0.05) is 11.8 Å². The summed E-state index contributed by atoms with van der Waals surface area (Å²) in [5.74, 6) is 1.49. The molecule has 3 aromatic rings. The number of hydrogen-bond acceptors (Lipinski definition) is 5. The van der Waals surface area contributed by atoms with Gasteiger partial charge in [-0.2, -0.15) is 0 Å². The highest BCUT2D eigenvalue weighted by molar-refractivity contribution is 5.99. The fourth-order valence-corrected chi connectivity index (χ4v) is 3.35. The molecule has 0 spiro atoms. The highest BCUT2D eigenvalue weighted by Gasteiger charge is 2.25. The van der Waals surface area contributed by atoms with E-state index < -0.39 is 0 Å². The summed E-state index contributed by atoms with van der Waals surface area (Å²) in [5, 5.41) is 2.79. The van der Waals surface area contributed by atoms with E-state index in [-0.39, 0.29) is 25.0 Å². The third-order valence-electron chi connectivity index (χ3n) is 4.87. The summed E-state index contributed by atoms with van der Waals surface area (Å²) in [6.07, 6.45) is 0. The number of ether oxygens (including phenoxy) is 3. The number of benzene rings is 3. The predicted octanol–water partition coefficient (Wildman–Crippen LogP) is 3.82. The molecule has 0 atom stereocenters. The second-order valence-electron chi connectivity index (χ2n) is 7.33. The molecular weight excluding hydrogens is 408 g/mol. The van der Waals surface area contributed by atoms with Crippen LogP contribution < -0.4 is 24.4 Å². The van der Waals surface area contributed by atoms with Crippen molar-refractivity contribution in [1.29, 1.82) is 0 Å². The first-order valence-corrected chi connectivity index (χ1v) is 10.3. The van der Waals surface area contributed by atoms with Crippen LogP contribution >= 0.6 is 0 Å². The summed E-state index contributed by atoms with van der Waals surface area (Å²) in [7, 11) is 0. The maximum Gasteiger partial charge on any atom is 0.265 e. The summed E-state index contributed by atoms with van der Waals surface area (Å²) in [6.45, 7) is 2.57. The third kappa shape index (κ3) is 5.37. The summed E-state index contributed by atoms with van der Waals surface area (Å²) in [4.78, 5) is 26.2. The van der Waals surface area contributed by atoms with Crippen LogP contribution in [0.5, 0.6) is 17.2 Å². The Morgan fingerprint density at radius 2 is 1.81 bits per heavy atom. The van der Waals surface area contributed by atoms with Crippen LogP contribution in [0.4, 0.5) is 11.4 Å². The lowest BCUT2D eigenvalue weighted by molar-refractivity contribution is -0.121. The van der Waals surface area contributed by atoms with Crippen LogP contribution in [0, 0.1) is 6.92 Å². The largest absolute Gasteiger partial charge is 0.492 e. The zero-order chi connectivity index (χ0) is 22.3. The molecule has 0 saturated heterocycles. The van der Waals surface area contributed by atoms with Crippen molar-refractivity contribution < 1.29 is 23.8 Å². The SMILES string of the molecule is Cc1cccc(OCCN2C(=O)COc3cc(NC(=O)COc4ccccc4)ccc32)c1. The molecule has 1 N–H and O–H groups in total. The van der Waals surface area contributed by atoms with E-state index in [4.69, 9.17) is 14.2 Å². The van der Waals surface area contributed by atoms with Crippen LogP contribution in [0.1, 0.15) is 5.56 Å². The molecule has 0 bridgehead atoms. The Labute approximate surface area is 186 Å². The lowest BCUT2D eigenvalue weighted by Crippen LogP contribution is -2.41. The Kier molecular flexibility index (Phi) is 6.55. The molecule has 1 aliphatic rings. The molecule has 164 valence electrons. The van der Waals surface area contributed by atoms with Crippen molar-refractivity contribution in [2.45, 2.75) is 6.92 Å². The van der Waals surface area contributed by atoms with E-state index in [9.17, 15) is 9.59 Å². The molecule has 2 amide bonds. The summed E-state index contributed by atoms with van der Waals surface area (Å²) in [6, 6.07) is 22.1. The molecule has 32 heavy (non-hydrogen) atoms. The maximum atomic E-state index is 12.4. The van der Waals surface area contributed by atoms with Gasteiger partial charge in [0.15, 0.2) is 13.2 Å². The summed E-state index contributed by atoms with van der Waals surface area (Å²) < 4.78 is 16.8. The van der Waals surface area contributed by atoms with E-state index >= 15 is 0 Å². The van der Waals surface area contributed by atoms with Gasteiger partial charge >= 0.3 is 0 Å². The molecular formula is C25H24N2O5. The first kappa shape index (κ1) is 21.2. The number of amides is 2. The van der Waals surface area contributed by atoms with Crippen LogP contribution in [0.25, 0.3) is 0 Å². The number of carbonyl (C=O) groups excluding carboxylic acids is 2. The molecule has 7 nitrogen and oxygen atoms in total. The lowest BCUT2D eigenvalue weighted by atomic mass is 10.2. The molecule has 0 saturated carbocycles. The van der Waals surface area contributed by atoms with Crippen LogP contribution in [0.15, 0.2) is 72.8 Å². The van der Waals surface area contributed by atoms with Crippen LogP contribution in [0.3, 0.4) is 0 Å². The number of fused-ring (bicyclic) bond motifs is 1. The highest BCUT2D eigenvalue weighted by atomic mass is 16.5. The molecule has 0 radical (unpaired) electrons. The van der Waals surface area contributed by atoms with E-state index in [1.54, 1.807) is 35.2 Å². The molecule has 0 unspecified atom stereocenters. The van der Waals surface area contributed by atoms with Gasteiger partial charge in [-0.15, -0.1) is 0 Å². The van der Waals surface area contributed by atoms with Crippen molar-refractivity contribution in [3.8, 4) is 17.2 Å². The number of rotatable bonds is 8. The second-order valence-corrected chi connectivity index (χ2v) is 7.33. The van der Waals surface area contributed by atoms with Gasteiger partial charge < -0.3 is 24.4 Å². The van der Waals surface area contributed by atoms with E-state index in [1.165, 1.54) is 0 Å². The van der Waals surface area contributed by atoms with Gasteiger partial charge in [-0.05, 0) is 48.9 Å². The first-order valence-electron chi connectivity index (χ1n) is 10.3. The number of nitrogens with one attached hydrogen (secondary N) is 1. The fraction of sp³-hybridized carbons (Fsp3) is 0.200. The second kappa shape index (κ2) is 9.87. The molecule has 4 rings (SSSR count). The number of anilines is 2. The van der Waals surface area contributed by atoms with Gasteiger partial charge in [-0.1, -0.05) is 30.3 Å². The average Bonchev–Trinajstić information content (AvgIpc) is 2.80. The average molecular weight is 432 g/mol. The standard InChI is InChI=1S/C25H24N2O5/c1-18-6-5-9-21(14-18)30-13-12-27-22-11-10-19(15-23(22)32-17-25(27)29)26-24(28)16-31-20-7-3-2-4-8-20/h2-11,14-15H,12-13,16-17H2,1H3,(H,26,28). The predicted molar refractivity (Wildman–Crippen MR) is 122 cm³/mol. The van der Waals surface area contributed by atoms with Crippen molar-refractivity contribution in [1.82, 2.24) is 0 Å². The van der Waals surface area contributed by atoms with Gasteiger partial charge in [-0.3, -0.25) is 9.59 Å². The number of para-hydroxylation sites is 1. The van der Waals surface area contributed by atoms with Gasteiger partial charge in [0.2, 0.25) is 0 Å². The minimum atomic E-state index is -0.288. The van der Waals surface area contributed by atoms with Gasteiger partial charge in [0.1, 0.15) is 23.9 Å². The quantitative estimate of drug-likeness (QED) is 0.586. The normalized spacial score (nSPS) is 12.5. The Morgan fingerprint density at radius 1 is 1.00 bits per heavy atom. The number of carbonyl (C=O) groups is 2. The molecule has 1 heterocycles. The maximum absolute atomic E-state index is 12.4. The Morgan fingerprint density at radius 3 is 2.62 bits per heavy atom. The van der Waals surface area contributed by atoms with Crippen LogP contribution in [-0.4, -0.2) is 38.2 Å². The van der Waals surface area contributed by atoms with E-state index in [0.717, 1.165) is 11.3 Å². The van der Waals surface area contributed by atoms with Crippen LogP contribution in [0.2, 0.25) is 0 Å². The molecule has 0 aliphatic carbocycles. The van der Waals surface area contributed by atoms with Gasteiger partial charge in [0.25, 0.3) is 11.8 Å². The number of hydrogen-bond donors (Lipinski definition) is 1. The Bertz CT molecular complexity index is 1100. The molecule has 0 fully saturated rings. The first-order chi connectivity index (χ1) is 15.6. The smallest absolute Gasteiger partial charge is 0.265 e. The van der Waals surface area contributed by atoms with E-state index in [2.05, 4.69) is 5.32 Å². The lowest BCUT2D eigenvalue weighted by Gasteiger charge is -2.29. The molecule has 0 aromatic heterocycles. The molecule has 1 aliphatic heterocycles. The molecule has 3 aromatic carbocycles. The van der Waals surface area contributed by atoms with Crippen LogP contribution in [-0.2, 0) is 9.59 Å². The van der Waals surface area contributed by atoms with E-state index in [0.29, 0.717) is 36.0 Å². The zero-order valence-corrected chi connectivity index (χ0v) is 17.7. The van der Waals surface area contributed by atoms with Crippen molar-refractivity contribution in [3.05, 3.63) is 78.4 Å². The Hall–Kier alpha value is -4.00. The van der Waals surface area contributed by atoms with Crippen molar-refractivity contribution in [2.24, 2.45) is 0 Å². The minimum absolute atomic E-state index is 0.0635. The third-order valence-corrected chi connectivity index (χ3v) is 4.87.